The van der Waals surface area contributed by atoms with Gasteiger partial charge in [0, 0.05) is 6.20 Å². The predicted octanol–water partition coefficient (Wildman–Crippen LogP) is 2.94. The van der Waals surface area contributed by atoms with Crippen LogP contribution in [0, 0.1) is 0 Å². The highest BCUT2D eigenvalue weighted by Crippen LogP contribution is 2.14. The molecule has 0 saturated heterocycles. The normalized spacial score (nSPS) is 11.7. The Hall–Kier alpha value is -2.56. The highest BCUT2D eigenvalue weighted by Gasteiger charge is 2.22. The molecule has 1 aromatic carbocycles. The molecule has 0 aliphatic heterocycles. The van der Waals surface area contributed by atoms with Crippen LogP contribution in [0.1, 0.15) is 31.9 Å². The highest BCUT2D eigenvalue weighted by atomic mass is 16.5. The molecule has 1 unspecified atom stereocenters. The topological polar surface area (TPSA) is 57.5 Å². The largest absolute Gasteiger partial charge is 0.488 e. The van der Waals surface area contributed by atoms with Crippen molar-refractivity contribution in [2.45, 2.75) is 32.9 Å². The third-order valence-corrected chi connectivity index (χ3v) is 3.46. The van der Waals surface area contributed by atoms with E-state index < -0.39 is 12.0 Å². The number of carbonyl (C=O) groups is 1. The van der Waals surface area contributed by atoms with Gasteiger partial charge in [0.25, 0.3) is 5.56 Å². The molecule has 0 fully saturated rings. The molecule has 1 heterocycles. The number of esters is 1. The first-order valence-corrected chi connectivity index (χ1v) is 7.71. The monoisotopic (exact) mass is 315 g/mol. The minimum atomic E-state index is -0.661. The van der Waals surface area contributed by atoms with Gasteiger partial charge in [-0.1, -0.05) is 37.3 Å². The van der Waals surface area contributed by atoms with Crippen molar-refractivity contribution in [1.82, 2.24) is 4.57 Å². The molecule has 2 rings (SSSR count). The molecule has 0 saturated carbocycles. The number of pyridine rings is 1. The Bertz CT molecular complexity index is 694. The van der Waals surface area contributed by atoms with E-state index in [1.807, 2.05) is 44.2 Å². The molecule has 2 aromatic rings. The van der Waals surface area contributed by atoms with E-state index in [1.54, 1.807) is 18.3 Å². The number of hydrogen-bond acceptors (Lipinski definition) is 4. The molecular formula is C18H21NO4. The van der Waals surface area contributed by atoms with Gasteiger partial charge >= 0.3 is 5.97 Å². The van der Waals surface area contributed by atoms with Crippen LogP contribution in [0.3, 0.4) is 0 Å². The van der Waals surface area contributed by atoms with E-state index in [2.05, 4.69) is 0 Å². The van der Waals surface area contributed by atoms with Gasteiger partial charge in [0.15, 0.2) is 5.75 Å². The van der Waals surface area contributed by atoms with Gasteiger partial charge < -0.3 is 9.47 Å². The van der Waals surface area contributed by atoms with Crippen LogP contribution in [0.2, 0.25) is 0 Å². The fraction of sp³-hybridized carbons (Fsp3) is 0.333. The molecule has 0 bridgehead atoms. The van der Waals surface area contributed by atoms with Gasteiger partial charge in [0.2, 0.25) is 0 Å². The lowest BCUT2D eigenvalue weighted by atomic mass is 10.2. The molecule has 5 nitrogen and oxygen atoms in total. The molecule has 1 aromatic heterocycles. The molecule has 0 radical (unpaired) electrons. The number of benzene rings is 1. The fourth-order valence-corrected chi connectivity index (χ4v) is 2.30. The first-order chi connectivity index (χ1) is 11.2. The molecule has 0 aliphatic rings. The second kappa shape index (κ2) is 8.17. The molecule has 5 heteroatoms. The number of nitrogens with zero attached hydrogens (tertiary/aromatic N) is 1. The Balaban J connectivity index is 2.14. The summed E-state index contributed by atoms with van der Waals surface area (Å²) in [6.07, 6.45) is 2.05. The van der Waals surface area contributed by atoms with E-state index in [0.717, 1.165) is 5.56 Å². The summed E-state index contributed by atoms with van der Waals surface area (Å²) in [4.78, 5) is 24.7. The summed E-state index contributed by atoms with van der Waals surface area (Å²) in [5, 5.41) is 0. The van der Waals surface area contributed by atoms with Crippen LogP contribution in [-0.2, 0) is 16.1 Å². The van der Waals surface area contributed by atoms with E-state index in [9.17, 15) is 9.59 Å². The van der Waals surface area contributed by atoms with Crippen LogP contribution >= 0.6 is 0 Å². The fourth-order valence-electron chi connectivity index (χ4n) is 2.30. The Labute approximate surface area is 135 Å². The number of ether oxygens (including phenoxy) is 2. The third kappa shape index (κ3) is 4.22. The second-order valence-electron chi connectivity index (χ2n) is 5.04. The molecular weight excluding hydrogens is 294 g/mol. The molecule has 0 aliphatic carbocycles. The Morgan fingerprint density at radius 1 is 1.13 bits per heavy atom. The Morgan fingerprint density at radius 2 is 1.87 bits per heavy atom. The lowest BCUT2D eigenvalue weighted by Crippen LogP contribution is -2.31. The van der Waals surface area contributed by atoms with Crippen molar-refractivity contribution in [1.29, 1.82) is 0 Å². The molecule has 122 valence electrons. The van der Waals surface area contributed by atoms with Crippen molar-refractivity contribution in [3.63, 3.8) is 0 Å². The maximum Gasteiger partial charge on any atom is 0.329 e. The average Bonchev–Trinajstić information content (AvgIpc) is 2.58. The quantitative estimate of drug-likeness (QED) is 0.737. The highest BCUT2D eigenvalue weighted by molar-refractivity contribution is 5.74. The summed E-state index contributed by atoms with van der Waals surface area (Å²) < 4.78 is 12.0. The Morgan fingerprint density at radius 3 is 2.52 bits per heavy atom. The summed E-state index contributed by atoms with van der Waals surface area (Å²) in [7, 11) is 0. The first-order valence-electron chi connectivity index (χ1n) is 7.71. The van der Waals surface area contributed by atoms with Crippen LogP contribution in [0.25, 0.3) is 0 Å². The lowest BCUT2D eigenvalue weighted by molar-refractivity contribution is -0.149. The zero-order valence-electron chi connectivity index (χ0n) is 13.4. The van der Waals surface area contributed by atoms with Gasteiger partial charge in [0.05, 0.1) is 6.61 Å². The zero-order chi connectivity index (χ0) is 16.7. The van der Waals surface area contributed by atoms with E-state index in [4.69, 9.17) is 9.47 Å². The summed E-state index contributed by atoms with van der Waals surface area (Å²) in [6.45, 7) is 4.24. The predicted molar refractivity (Wildman–Crippen MR) is 87.4 cm³/mol. The van der Waals surface area contributed by atoms with Gasteiger partial charge in [-0.05, 0) is 31.0 Å². The molecule has 1 atom stereocenters. The van der Waals surface area contributed by atoms with E-state index >= 15 is 0 Å². The SMILES string of the molecule is CCOc1cccn(C(CC)C(=O)OCc2ccccc2)c1=O. The maximum atomic E-state index is 12.4. The summed E-state index contributed by atoms with van der Waals surface area (Å²) >= 11 is 0. The summed E-state index contributed by atoms with van der Waals surface area (Å²) in [5.41, 5.74) is 0.587. The van der Waals surface area contributed by atoms with E-state index in [0.29, 0.717) is 13.0 Å². The zero-order valence-corrected chi connectivity index (χ0v) is 13.4. The van der Waals surface area contributed by atoms with Crippen LogP contribution in [0.4, 0.5) is 0 Å². The Kier molecular flexibility index (Phi) is 5.97. The van der Waals surface area contributed by atoms with E-state index in [1.165, 1.54) is 4.57 Å². The van der Waals surface area contributed by atoms with Crippen LogP contribution < -0.4 is 10.3 Å². The van der Waals surface area contributed by atoms with Crippen molar-refractivity contribution >= 4 is 5.97 Å². The molecule has 0 spiro atoms. The smallest absolute Gasteiger partial charge is 0.329 e. The second-order valence-corrected chi connectivity index (χ2v) is 5.04. The number of hydrogen-bond donors (Lipinski definition) is 0. The van der Waals surface area contributed by atoms with Crippen LogP contribution in [0.15, 0.2) is 53.5 Å². The first kappa shape index (κ1) is 16.8. The number of carbonyl (C=O) groups excluding carboxylic acids is 1. The van der Waals surface area contributed by atoms with Gasteiger partial charge in [-0.25, -0.2) is 4.79 Å². The van der Waals surface area contributed by atoms with Crippen molar-refractivity contribution in [2.75, 3.05) is 6.61 Å². The number of aromatic nitrogens is 1. The van der Waals surface area contributed by atoms with Crippen molar-refractivity contribution in [3.8, 4) is 5.75 Å². The van der Waals surface area contributed by atoms with Gasteiger partial charge in [-0.3, -0.25) is 9.36 Å². The maximum absolute atomic E-state index is 12.4. The lowest BCUT2D eigenvalue weighted by Gasteiger charge is -2.18. The van der Waals surface area contributed by atoms with Gasteiger partial charge in [-0.2, -0.15) is 0 Å². The van der Waals surface area contributed by atoms with Crippen molar-refractivity contribution in [2.24, 2.45) is 0 Å². The minimum Gasteiger partial charge on any atom is -0.488 e. The average molecular weight is 315 g/mol. The molecule has 0 N–H and O–H groups in total. The summed E-state index contributed by atoms with van der Waals surface area (Å²) in [6, 6.07) is 12.1. The van der Waals surface area contributed by atoms with Crippen LogP contribution in [0.5, 0.6) is 5.75 Å². The van der Waals surface area contributed by atoms with Crippen molar-refractivity contribution in [3.05, 3.63) is 64.6 Å². The summed E-state index contributed by atoms with van der Waals surface area (Å²) in [5.74, 6) is -0.184. The molecule has 23 heavy (non-hydrogen) atoms. The van der Waals surface area contributed by atoms with Gasteiger partial charge in [-0.15, -0.1) is 0 Å². The van der Waals surface area contributed by atoms with Crippen LogP contribution in [-0.4, -0.2) is 17.1 Å². The minimum absolute atomic E-state index is 0.191. The standard InChI is InChI=1S/C18H21NO4/c1-3-15(18(21)23-13-14-9-6-5-7-10-14)19-12-8-11-16(17(19)20)22-4-2/h5-12,15H,3-4,13H2,1-2H3. The van der Waals surface area contributed by atoms with E-state index in [-0.39, 0.29) is 17.9 Å². The third-order valence-electron chi connectivity index (χ3n) is 3.46. The molecule has 0 amide bonds. The van der Waals surface area contributed by atoms with Crippen molar-refractivity contribution < 1.29 is 14.3 Å². The number of rotatable bonds is 7. The van der Waals surface area contributed by atoms with Gasteiger partial charge in [0.1, 0.15) is 12.6 Å².